The van der Waals surface area contributed by atoms with E-state index in [0.29, 0.717) is 0 Å². The van der Waals surface area contributed by atoms with Crippen molar-refractivity contribution < 1.29 is 19.5 Å². The minimum atomic E-state index is -2.64. The first kappa shape index (κ1) is 7.11. The maximum atomic E-state index is 10.3. The van der Waals surface area contributed by atoms with Gasteiger partial charge >= 0.3 is 0 Å². The summed E-state index contributed by atoms with van der Waals surface area (Å²) >= 11 is 0. The van der Waals surface area contributed by atoms with Crippen LogP contribution in [-0.2, 0) is 14.3 Å². The first-order valence-corrected chi connectivity index (χ1v) is 4.13. The van der Waals surface area contributed by atoms with E-state index in [2.05, 4.69) is 9.71 Å². The van der Waals surface area contributed by atoms with Crippen LogP contribution in [0, 0.1) is 0 Å². The zero-order valence-electron chi connectivity index (χ0n) is 4.12. The lowest BCUT2D eigenvalue weighted by atomic mass is 11.9. The highest BCUT2D eigenvalue weighted by atomic mass is 31.2. The first-order chi connectivity index (χ1) is 3.06. The van der Waals surface area contributed by atoms with Crippen molar-refractivity contribution in [2.45, 2.75) is 0 Å². The van der Waals surface area contributed by atoms with Gasteiger partial charge in [0.05, 0.1) is 0 Å². The van der Waals surface area contributed by atoms with Crippen molar-refractivity contribution in [3.8, 4) is 0 Å². The van der Waals surface area contributed by atoms with Crippen molar-refractivity contribution in [2.24, 2.45) is 0 Å². The average Bonchev–Trinajstić information content (AvgIpc) is 1.30. The molecule has 0 saturated carbocycles. The summed E-state index contributed by atoms with van der Waals surface area (Å²) in [5.74, 6) is 0. The SMILES string of the molecule is CP(C)(=O)OOO. The minimum Gasteiger partial charge on any atom is -0.291 e. The lowest BCUT2D eigenvalue weighted by molar-refractivity contribution is -0.439. The van der Waals surface area contributed by atoms with Crippen LogP contribution in [0.4, 0.5) is 0 Å². The van der Waals surface area contributed by atoms with Gasteiger partial charge < -0.3 is 0 Å². The van der Waals surface area contributed by atoms with Crippen molar-refractivity contribution in [1.82, 2.24) is 0 Å². The summed E-state index contributed by atoms with van der Waals surface area (Å²) in [7, 11) is -2.64. The van der Waals surface area contributed by atoms with Crippen molar-refractivity contribution in [3.63, 3.8) is 0 Å². The van der Waals surface area contributed by atoms with Crippen molar-refractivity contribution in [1.29, 1.82) is 0 Å². The summed E-state index contributed by atoms with van der Waals surface area (Å²) in [5.41, 5.74) is 0. The molecule has 0 rings (SSSR count). The Labute approximate surface area is 41.4 Å². The average molecular weight is 126 g/mol. The van der Waals surface area contributed by atoms with Crippen LogP contribution in [0.5, 0.6) is 0 Å². The molecule has 0 unspecified atom stereocenters. The third kappa shape index (κ3) is 6.11. The Balaban J connectivity index is 3.36. The third-order valence-electron chi connectivity index (χ3n) is 0.213. The van der Waals surface area contributed by atoms with E-state index >= 15 is 0 Å². The van der Waals surface area contributed by atoms with Crippen LogP contribution in [0.1, 0.15) is 0 Å². The second-order valence-electron chi connectivity index (χ2n) is 1.40. The monoisotopic (exact) mass is 126 g/mol. The van der Waals surface area contributed by atoms with E-state index in [1.165, 1.54) is 13.3 Å². The molecule has 0 aromatic carbocycles. The summed E-state index contributed by atoms with van der Waals surface area (Å²) < 4.78 is 14.1. The van der Waals surface area contributed by atoms with Crippen LogP contribution in [0.3, 0.4) is 0 Å². The third-order valence-corrected chi connectivity index (χ3v) is 0.639. The highest BCUT2D eigenvalue weighted by Gasteiger charge is 2.05. The standard InChI is InChI=1S/C2H7O4P/c1-7(2,4)6-5-3/h3H,1-2H3. The van der Waals surface area contributed by atoms with E-state index in [-0.39, 0.29) is 0 Å². The Morgan fingerprint density at radius 1 is 1.57 bits per heavy atom. The predicted molar refractivity (Wildman–Crippen MR) is 24.3 cm³/mol. The molecule has 0 aliphatic heterocycles. The molecule has 0 saturated heterocycles. The van der Waals surface area contributed by atoms with Crippen molar-refractivity contribution in [3.05, 3.63) is 0 Å². The maximum Gasteiger partial charge on any atom is 0.233 e. The van der Waals surface area contributed by atoms with Gasteiger partial charge in [-0.2, -0.15) is 0 Å². The van der Waals surface area contributed by atoms with Crippen LogP contribution >= 0.6 is 7.37 Å². The second-order valence-corrected chi connectivity index (χ2v) is 4.05. The Morgan fingerprint density at radius 3 is 2.00 bits per heavy atom. The smallest absolute Gasteiger partial charge is 0.233 e. The molecule has 0 fully saturated rings. The first-order valence-electron chi connectivity index (χ1n) is 1.61. The van der Waals surface area contributed by atoms with Gasteiger partial charge in [0.25, 0.3) is 0 Å². The molecule has 7 heavy (non-hydrogen) atoms. The lowest BCUT2D eigenvalue weighted by Gasteiger charge is -1.98. The molecule has 0 spiro atoms. The van der Waals surface area contributed by atoms with Crippen LogP contribution < -0.4 is 0 Å². The van der Waals surface area contributed by atoms with Gasteiger partial charge in [0.15, 0.2) is 0 Å². The molecule has 0 heterocycles. The fourth-order valence-electron chi connectivity index (χ4n) is 0.0803. The second kappa shape index (κ2) is 2.43. The van der Waals surface area contributed by atoms with E-state index in [4.69, 9.17) is 5.26 Å². The molecule has 5 heteroatoms. The fraction of sp³-hybridized carbons (Fsp3) is 1.00. The Morgan fingerprint density at radius 2 is 2.00 bits per heavy atom. The quantitative estimate of drug-likeness (QED) is 0.340. The number of hydrogen-bond donors (Lipinski definition) is 1. The molecule has 0 radical (unpaired) electrons. The highest BCUT2D eigenvalue weighted by Crippen LogP contribution is 2.36. The van der Waals surface area contributed by atoms with Gasteiger partial charge in [-0.25, -0.2) is 5.26 Å². The molecule has 0 amide bonds. The normalized spacial score (nSPS) is 11.9. The van der Waals surface area contributed by atoms with Gasteiger partial charge in [-0.05, 0) is 0 Å². The molecule has 1 N–H and O–H groups in total. The summed E-state index contributed by atoms with van der Waals surface area (Å²) in [6, 6.07) is 0. The molecule has 0 aromatic rings. The molecule has 0 aliphatic rings. The van der Waals surface area contributed by atoms with Crippen LogP contribution in [0.15, 0.2) is 0 Å². The summed E-state index contributed by atoms with van der Waals surface area (Å²) in [6.07, 6.45) is 0. The molecule has 4 nitrogen and oxygen atoms in total. The number of hydrogen-bond acceptors (Lipinski definition) is 4. The molecule has 0 bridgehead atoms. The predicted octanol–water partition coefficient (Wildman–Crippen LogP) is 0.945. The molecule has 0 aromatic heterocycles. The van der Waals surface area contributed by atoms with Gasteiger partial charge in [-0.1, -0.05) is 5.04 Å². The number of rotatable bonds is 2. The lowest BCUT2D eigenvalue weighted by Crippen LogP contribution is -1.83. The van der Waals surface area contributed by atoms with Gasteiger partial charge in [0.2, 0.25) is 7.37 Å². The molecule has 0 aliphatic carbocycles. The topological polar surface area (TPSA) is 55.8 Å². The van der Waals surface area contributed by atoms with Crippen molar-refractivity contribution >= 4 is 7.37 Å². The molecule has 44 valence electrons. The molecular formula is C2H7O4P. The minimum absolute atomic E-state index is 1.32. The summed E-state index contributed by atoms with van der Waals surface area (Å²) in [6.45, 7) is 2.65. The van der Waals surface area contributed by atoms with Crippen LogP contribution in [0.25, 0.3) is 0 Å². The fourth-order valence-corrected chi connectivity index (χ4v) is 0.241. The summed E-state index contributed by atoms with van der Waals surface area (Å²) in [4.78, 5) is 0. The van der Waals surface area contributed by atoms with E-state index in [0.717, 1.165) is 0 Å². The van der Waals surface area contributed by atoms with Crippen LogP contribution in [-0.4, -0.2) is 18.6 Å². The van der Waals surface area contributed by atoms with E-state index < -0.39 is 7.37 Å². The van der Waals surface area contributed by atoms with Crippen LogP contribution in [0.2, 0.25) is 0 Å². The Bertz CT molecular complexity index is 83.7. The zero-order chi connectivity index (χ0) is 5.91. The Hall–Kier alpha value is 0.110. The van der Waals surface area contributed by atoms with E-state index in [1.807, 2.05) is 0 Å². The van der Waals surface area contributed by atoms with Gasteiger partial charge in [-0.15, -0.1) is 4.67 Å². The Kier molecular flexibility index (Phi) is 2.46. The van der Waals surface area contributed by atoms with Crippen molar-refractivity contribution in [2.75, 3.05) is 13.3 Å². The highest BCUT2D eigenvalue weighted by molar-refractivity contribution is 7.57. The molecule has 0 atom stereocenters. The van der Waals surface area contributed by atoms with Gasteiger partial charge in [0, 0.05) is 13.3 Å². The molecular weight excluding hydrogens is 119 g/mol. The van der Waals surface area contributed by atoms with E-state index in [1.54, 1.807) is 0 Å². The zero-order valence-corrected chi connectivity index (χ0v) is 5.01. The maximum absolute atomic E-state index is 10.3. The summed E-state index contributed by atoms with van der Waals surface area (Å²) in [5, 5.41) is 10.7. The van der Waals surface area contributed by atoms with E-state index in [9.17, 15) is 4.57 Å². The van der Waals surface area contributed by atoms with Gasteiger partial charge in [-0.3, -0.25) is 4.57 Å². The largest absolute Gasteiger partial charge is 0.291 e. The van der Waals surface area contributed by atoms with Gasteiger partial charge in [0.1, 0.15) is 0 Å².